The summed E-state index contributed by atoms with van der Waals surface area (Å²) in [4.78, 5) is 12.4. The maximum absolute atomic E-state index is 12.4. The summed E-state index contributed by atoms with van der Waals surface area (Å²) in [5, 5.41) is 17.8. The largest absolute Gasteiger partial charge is 0.507 e. The second-order valence-electron chi connectivity index (χ2n) is 5.52. The summed E-state index contributed by atoms with van der Waals surface area (Å²) in [5.41, 5.74) is 0.749. The van der Waals surface area contributed by atoms with Gasteiger partial charge < -0.3 is 15.7 Å². The van der Waals surface area contributed by atoms with Gasteiger partial charge in [-0.05, 0) is 31.5 Å². The first-order valence-corrected chi connectivity index (χ1v) is 7.50. The number of phenolic OH excluding ortho intramolecular Hbond substituents is 1. The normalized spacial score (nSPS) is 19.1. The Balaban J connectivity index is 1.84. The summed E-state index contributed by atoms with van der Waals surface area (Å²) in [6, 6.07) is 10.8. The molecule has 1 aliphatic heterocycles. The fraction of sp³-hybridized carbons (Fsp3) is 0.353. The first-order valence-electron chi connectivity index (χ1n) is 7.50. The van der Waals surface area contributed by atoms with Gasteiger partial charge in [-0.1, -0.05) is 37.1 Å². The van der Waals surface area contributed by atoms with E-state index in [2.05, 4.69) is 10.6 Å². The molecule has 0 radical (unpaired) electrons. The highest BCUT2D eigenvalue weighted by molar-refractivity contribution is 6.05. The number of anilines is 1. The Kier molecular flexibility index (Phi) is 4.06. The molecule has 2 aromatic rings. The quantitative estimate of drug-likeness (QED) is 0.794. The van der Waals surface area contributed by atoms with E-state index in [-0.39, 0.29) is 17.7 Å². The van der Waals surface area contributed by atoms with Crippen molar-refractivity contribution in [3.8, 4) is 5.75 Å². The van der Waals surface area contributed by atoms with Gasteiger partial charge in [0.15, 0.2) is 0 Å². The van der Waals surface area contributed by atoms with E-state index in [0.29, 0.717) is 0 Å². The number of carbonyl (C=O) groups excluding carboxylic acids is 1. The molecule has 0 aliphatic carbocycles. The molecule has 1 atom stereocenters. The molecule has 0 bridgehead atoms. The van der Waals surface area contributed by atoms with Crippen molar-refractivity contribution in [2.75, 3.05) is 11.9 Å². The van der Waals surface area contributed by atoms with Crippen LogP contribution in [0, 0.1) is 0 Å². The van der Waals surface area contributed by atoms with Gasteiger partial charge in [0.05, 0.1) is 6.04 Å². The van der Waals surface area contributed by atoms with E-state index in [4.69, 9.17) is 0 Å². The number of fused-ring (bicyclic) bond motifs is 1. The molecule has 110 valence electrons. The van der Waals surface area contributed by atoms with Crippen LogP contribution in [0.15, 0.2) is 36.4 Å². The molecule has 1 aliphatic rings. The molecule has 4 heteroatoms. The van der Waals surface area contributed by atoms with Crippen LogP contribution in [-0.4, -0.2) is 23.6 Å². The molecule has 1 fully saturated rings. The van der Waals surface area contributed by atoms with Gasteiger partial charge in [0, 0.05) is 16.5 Å². The van der Waals surface area contributed by atoms with Crippen LogP contribution in [0.1, 0.15) is 25.7 Å². The monoisotopic (exact) mass is 284 g/mol. The SMILES string of the molecule is O=C(Nc1cccc2c(O)cccc12)C1CCCCCN1. The lowest BCUT2D eigenvalue weighted by Crippen LogP contribution is -2.39. The topological polar surface area (TPSA) is 61.4 Å². The molecule has 2 aromatic carbocycles. The predicted molar refractivity (Wildman–Crippen MR) is 84.5 cm³/mol. The molecule has 4 nitrogen and oxygen atoms in total. The zero-order chi connectivity index (χ0) is 14.7. The number of amides is 1. The van der Waals surface area contributed by atoms with Crippen LogP contribution in [0.25, 0.3) is 10.8 Å². The molecular weight excluding hydrogens is 264 g/mol. The second kappa shape index (κ2) is 6.14. The van der Waals surface area contributed by atoms with Crippen molar-refractivity contribution >= 4 is 22.4 Å². The Morgan fingerprint density at radius 1 is 1.10 bits per heavy atom. The fourth-order valence-electron chi connectivity index (χ4n) is 2.87. The highest BCUT2D eigenvalue weighted by Gasteiger charge is 2.20. The highest BCUT2D eigenvalue weighted by Crippen LogP contribution is 2.29. The van der Waals surface area contributed by atoms with Gasteiger partial charge in [0.2, 0.25) is 5.91 Å². The van der Waals surface area contributed by atoms with Crippen molar-refractivity contribution in [1.29, 1.82) is 0 Å². The third-order valence-corrected chi connectivity index (χ3v) is 4.03. The van der Waals surface area contributed by atoms with E-state index in [1.54, 1.807) is 12.1 Å². The molecule has 1 heterocycles. The predicted octanol–water partition coefficient (Wildman–Crippen LogP) is 3.02. The summed E-state index contributed by atoms with van der Waals surface area (Å²) in [5.74, 6) is 0.240. The minimum atomic E-state index is -0.125. The van der Waals surface area contributed by atoms with Crippen LogP contribution in [0.3, 0.4) is 0 Å². The standard InChI is InChI=1S/C17H20N2O2/c20-16-10-5-6-12-13(16)7-4-9-14(12)19-17(21)15-8-2-1-3-11-18-15/h4-7,9-10,15,18,20H,1-3,8,11H2,(H,19,21). The fourth-order valence-corrected chi connectivity index (χ4v) is 2.87. The molecule has 0 spiro atoms. The molecule has 1 saturated heterocycles. The molecule has 3 rings (SSSR count). The van der Waals surface area contributed by atoms with E-state index in [1.165, 1.54) is 6.42 Å². The molecule has 21 heavy (non-hydrogen) atoms. The molecule has 1 unspecified atom stereocenters. The third kappa shape index (κ3) is 3.00. The van der Waals surface area contributed by atoms with Crippen molar-refractivity contribution in [2.45, 2.75) is 31.7 Å². The zero-order valence-electron chi connectivity index (χ0n) is 11.9. The van der Waals surface area contributed by atoms with Gasteiger partial charge in [-0.3, -0.25) is 4.79 Å². The zero-order valence-corrected chi connectivity index (χ0v) is 11.9. The number of hydrogen-bond acceptors (Lipinski definition) is 3. The number of phenols is 1. The number of rotatable bonds is 2. The maximum atomic E-state index is 12.4. The lowest BCUT2D eigenvalue weighted by Gasteiger charge is -2.16. The summed E-state index contributed by atoms with van der Waals surface area (Å²) in [7, 11) is 0. The smallest absolute Gasteiger partial charge is 0.241 e. The first kappa shape index (κ1) is 13.9. The number of aromatic hydroxyl groups is 1. The lowest BCUT2D eigenvalue weighted by molar-refractivity contribution is -0.118. The van der Waals surface area contributed by atoms with Gasteiger partial charge in [0.1, 0.15) is 5.75 Å². The number of benzene rings is 2. The van der Waals surface area contributed by atoms with Gasteiger partial charge in [-0.2, -0.15) is 0 Å². The Labute approximate surface area is 124 Å². The Bertz CT molecular complexity index is 646. The lowest BCUT2D eigenvalue weighted by atomic mass is 10.1. The maximum Gasteiger partial charge on any atom is 0.241 e. The Morgan fingerprint density at radius 3 is 2.81 bits per heavy atom. The third-order valence-electron chi connectivity index (χ3n) is 4.03. The Morgan fingerprint density at radius 2 is 1.90 bits per heavy atom. The highest BCUT2D eigenvalue weighted by atomic mass is 16.3. The minimum Gasteiger partial charge on any atom is -0.507 e. The summed E-state index contributed by atoms with van der Waals surface area (Å²) >= 11 is 0. The summed E-state index contributed by atoms with van der Waals surface area (Å²) in [6.45, 7) is 0.897. The van der Waals surface area contributed by atoms with Gasteiger partial charge in [0.25, 0.3) is 0 Å². The van der Waals surface area contributed by atoms with E-state index >= 15 is 0 Å². The molecule has 3 N–H and O–H groups in total. The van der Waals surface area contributed by atoms with Crippen molar-refractivity contribution < 1.29 is 9.90 Å². The van der Waals surface area contributed by atoms with E-state index in [1.807, 2.05) is 24.3 Å². The van der Waals surface area contributed by atoms with Gasteiger partial charge in [-0.25, -0.2) is 0 Å². The number of hydrogen-bond donors (Lipinski definition) is 3. The second-order valence-corrected chi connectivity index (χ2v) is 5.52. The molecule has 0 aromatic heterocycles. The van der Waals surface area contributed by atoms with Gasteiger partial charge >= 0.3 is 0 Å². The van der Waals surface area contributed by atoms with E-state index < -0.39 is 0 Å². The van der Waals surface area contributed by atoms with Crippen molar-refractivity contribution in [2.24, 2.45) is 0 Å². The molecule has 0 saturated carbocycles. The average molecular weight is 284 g/mol. The van der Waals surface area contributed by atoms with E-state index in [0.717, 1.165) is 42.3 Å². The van der Waals surface area contributed by atoms with Crippen LogP contribution < -0.4 is 10.6 Å². The van der Waals surface area contributed by atoms with Crippen LogP contribution in [0.5, 0.6) is 5.75 Å². The summed E-state index contributed by atoms with van der Waals surface area (Å²) in [6.07, 6.45) is 4.27. The summed E-state index contributed by atoms with van der Waals surface area (Å²) < 4.78 is 0. The van der Waals surface area contributed by atoms with Crippen LogP contribution >= 0.6 is 0 Å². The minimum absolute atomic E-state index is 0.00717. The van der Waals surface area contributed by atoms with Gasteiger partial charge in [-0.15, -0.1) is 0 Å². The van der Waals surface area contributed by atoms with E-state index in [9.17, 15) is 9.90 Å². The average Bonchev–Trinajstić information content (AvgIpc) is 2.77. The number of carbonyl (C=O) groups is 1. The van der Waals surface area contributed by atoms with Crippen molar-refractivity contribution in [3.63, 3.8) is 0 Å². The first-order chi connectivity index (χ1) is 10.3. The van der Waals surface area contributed by atoms with Crippen molar-refractivity contribution in [3.05, 3.63) is 36.4 Å². The molecular formula is C17H20N2O2. The van der Waals surface area contributed by atoms with Crippen LogP contribution in [0.2, 0.25) is 0 Å². The van der Waals surface area contributed by atoms with Crippen LogP contribution in [-0.2, 0) is 4.79 Å². The Hall–Kier alpha value is -2.07. The van der Waals surface area contributed by atoms with Crippen LogP contribution in [0.4, 0.5) is 5.69 Å². The van der Waals surface area contributed by atoms with Crippen molar-refractivity contribution in [1.82, 2.24) is 5.32 Å². The molecule has 1 amide bonds. The number of nitrogens with one attached hydrogen (secondary N) is 2.